The molecule has 0 radical (unpaired) electrons. The van der Waals surface area contributed by atoms with E-state index in [1.807, 2.05) is 13.8 Å². The van der Waals surface area contributed by atoms with E-state index in [1.54, 1.807) is 11.8 Å². The molecule has 2 heterocycles. The molecule has 20 heavy (non-hydrogen) atoms. The van der Waals surface area contributed by atoms with E-state index >= 15 is 0 Å². The summed E-state index contributed by atoms with van der Waals surface area (Å²) in [5.74, 6) is 0. The molecule has 0 aromatic carbocycles. The summed E-state index contributed by atoms with van der Waals surface area (Å²) >= 11 is 2.48. The third-order valence-electron chi connectivity index (χ3n) is 2.89. The Bertz CT molecular complexity index is 618. The predicted molar refractivity (Wildman–Crippen MR) is 80.7 cm³/mol. The molecular weight excluding hydrogens is 322 g/mol. The molecule has 0 saturated carbocycles. The highest BCUT2D eigenvalue weighted by atomic mass is 32.2. The summed E-state index contributed by atoms with van der Waals surface area (Å²) in [7, 11) is -3.71. The summed E-state index contributed by atoms with van der Waals surface area (Å²) in [5, 5.41) is 11.1. The van der Waals surface area contributed by atoms with Gasteiger partial charge in [0.25, 0.3) is 10.0 Å². The second kappa shape index (κ2) is 5.51. The van der Waals surface area contributed by atoms with Crippen LogP contribution in [-0.2, 0) is 10.0 Å². The first kappa shape index (κ1) is 15.5. The average Bonchev–Trinajstić information content (AvgIpc) is 2.70. The quantitative estimate of drug-likeness (QED) is 0.665. The molecule has 7 nitrogen and oxygen atoms in total. The molecule has 2 N–H and O–H groups in total. The second-order valence-electron chi connectivity index (χ2n) is 4.65. The minimum Gasteiger partial charge on any atom is -0.385 e. The largest absolute Gasteiger partial charge is 0.385 e. The van der Waals surface area contributed by atoms with Crippen molar-refractivity contribution in [2.75, 3.05) is 18.8 Å². The van der Waals surface area contributed by atoms with Crippen molar-refractivity contribution in [3.63, 3.8) is 0 Å². The first-order chi connectivity index (χ1) is 9.21. The third kappa shape index (κ3) is 2.92. The van der Waals surface area contributed by atoms with Gasteiger partial charge in [-0.15, -0.1) is 0 Å². The van der Waals surface area contributed by atoms with Crippen molar-refractivity contribution in [3.05, 3.63) is 16.2 Å². The van der Waals surface area contributed by atoms with Gasteiger partial charge in [0.2, 0.25) is 0 Å². The standard InChI is InChI=1S/C10H15N3O4S3/c1-6-4-12(5-7(2)18-6)20(16,17)9-3-8(13(14)15)10(11)19-9/h3,6-7H,4-5,11H2,1-2H3. The number of nitrogens with two attached hydrogens (primary N) is 1. The van der Waals surface area contributed by atoms with Crippen LogP contribution in [0, 0.1) is 10.1 Å². The van der Waals surface area contributed by atoms with E-state index < -0.39 is 14.9 Å². The van der Waals surface area contributed by atoms with Crippen molar-refractivity contribution < 1.29 is 13.3 Å². The Hall–Kier alpha value is -0.840. The molecule has 1 aliphatic heterocycles. The molecule has 2 unspecified atom stereocenters. The van der Waals surface area contributed by atoms with E-state index in [-0.39, 0.29) is 25.4 Å². The SMILES string of the molecule is CC1CN(S(=O)(=O)c2cc([N+](=O)[O-])c(N)s2)CC(C)S1. The Labute approximate surface area is 125 Å². The Kier molecular flexibility index (Phi) is 4.28. The molecule has 0 amide bonds. The normalized spacial score (nSPS) is 24.7. The lowest BCUT2D eigenvalue weighted by atomic mass is 10.4. The number of anilines is 1. The van der Waals surface area contributed by atoms with Crippen LogP contribution in [0.4, 0.5) is 10.7 Å². The molecule has 0 spiro atoms. The molecule has 0 aliphatic carbocycles. The first-order valence-electron chi connectivity index (χ1n) is 5.91. The molecule has 2 rings (SSSR count). The minimum atomic E-state index is -3.71. The Morgan fingerprint density at radius 1 is 1.40 bits per heavy atom. The van der Waals surface area contributed by atoms with Crippen LogP contribution in [0.5, 0.6) is 0 Å². The molecule has 1 fully saturated rings. The predicted octanol–water partition coefficient (Wildman–Crippen LogP) is 1.75. The van der Waals surface area contributed by atoms with E-state index in [0.717, 1.165) is 17.4 Å². The van der Waals surface area contributed by atoms with Gasteiger partial charge in [0.1, 0.15) is 4.21 Å². The van der Waals surface area contributed by atoms with Gasteiger partial charge in [0, 0.05) is 29.7 Å². The number of thiophene rings is 1. The maximum atomic E-state index is 12.5. The Morgan fingerprint density at radius 2 is 1.95 bits per heavy atom. The highest BCUT2D eigenvalue weighted by Crippen LogP contribution is 2.37. The minimum absolute atomic E-state index is 0.0620. The van der Waals surface area contributed by atoms with E-state index in [9.17, 15) is 18.5 Å². The van der Waals surface area contributed by atoms with Crippen LogP contribution < -0.4 is 5.73 Å². The van der Waals surface area contributed by atoms with E-state index in [0.29, 0.717) is 13.1 Å². The number of thioether (sulfide) groups is 1. The number of nitro groups is 1. The summed E-state index contributed by atoms with van der Waals surface area (Å²) < 4.78 is 26.4. The topological polar surface area (TPSA) is 107 Å². The zero-order valence-electron chi connectivity index (χ0n) is 11.0. The average molecular weight is 337 g/mol. The van der Waals surface area contributed by atoms with Crippen LogP contribution in [-0.4, -0.2) is 41.2 Å². The maximum Gasteiger partial charge on any atom is 0.304 e. The van der Waals surface area contributed by atoms with Gasteiger partial charge < -0.3 is 5.73 Å². The number of rotatable bonds is 3. The van der Waals surface area contributed by atoms with Crippen LogP contribution in [0.1, 0.15) is 13.8 Å². The lowest BCUT2D eigenvalue weighted by Gasteiger charge is -2.33. The highest BCUT2D eigenvalue weighted by Gasteiger charge is 2.34. The van der Waals surface area contributed by atoms with Crippen molar-refractivity contribution in [2.24, 2.45) is 0 Å². The van der Waals surface area contributed by atoms with Gasteiger partial charge in [-0.05, 0) is 0 Å². The van der Waals surface area contributed by atoms with Crippen LogP contribution in [0.15, 0.2) is 10.3 Å². The number of hydrogen-bond acceptors (Lipinski definition) is 7. The summed E-state index contributed by atoms with van der Waals surface area (Å²) in [5.41, 5.74) is 5.17. The van der Waals surface area contributed by atoms with Crippen molar-refractivity contribution >= 4 is 43.8 Å². The summed E-state index contributed by atoms with van der Waals surface area (Å²) in [6.45, 7) is 4.74. The molecule has 112 valence electrons. The lowest BCUT2D eigenvalue weighted by molar-refractivity contribution is -0.383. The van der Waals surface area contributed by atoms with Crippen molar-refractivity contribution in [1.29, 1.82) is 0 Å². The van der Waals surface area contributed by atoms with E-state index in [2.05, 4.69) is 0 Å². The first-order valence-corrected chi connectivity index (χ1v) is 9.11. The second-order valence-corrected chi connectivity index (χ2v) is 9.78. The van der Waals surface area contributed by atoms with Gasteiger partial charge in [-0.3, -0.25) is 10.1 Å². The van der Waals surface area contributed by atoms with Crippen LogP contribution in [0.25, 0.3) is 0 Å². The van der Waals surface area contributed by atoms with Gasteiger partial charge in [-0.2, -0.15) is 16.1 Å². The Morgan fingerprint density at radius 3 is 2.40 bits per heavy atom. The molecular formula is C10H15N3O4S3. The lowest BCUT2D eigenvalue weighted by Crippen LogP contribution is -2.43. The molecule has 1 aliphatic rings. The summed E-state index contributed by atoms with van der Waals surface area (Å²) in [6, 6.07) is 1.05. The van der Waals surface area contributed by atoms with E-state index in [1.165, 1.54) is 4.31 Å². The maximum absolute atomic E-state index is 12.5. The van der Waals surface area contributed by atoms with Gasteiger partial charge in [0.05, 0.1) is 4.92 Å². The third-order valence-corrected chi connectivity index (χ3v) is 7.36. The molecule has 1 saturated heterocycles. The monoisotopic (exact) mass is 337 g/mol. The fourth-order valence-electron chi connectivity index (χ4n) is 2.10. The summed E-state index contributed by atoms with van der Waals surface area (Å²) in [6.07, 6.45) is 0. The van der Waals surface area contributed by atoms with Crippen molar-refractivity contribution in [3.8, 4) is 0 Å². The van der Waals surface area contributed by atoms with Crippen molar-refractivity contribution in [2.45, 2.75) is 28.6 Å². The van der Waals surface area contributed by atoms with Crippen LogP contribution in [0.2, 0.25) is 0 Å². The zero-order chi connectivity index (χ0) is 15.1. The van der Waals surface area contributed by atoms with Gasteiger partial charge in [0.15, 0.2) is 5.00 Å². The molecule has 10 heteroatoms. The molecule has 1 aromatic rings. The molecule has 2 atom stereocenters. The number of nitrogen functional groups attached to an aromatic ring is 1. The fourth-order valence-corrected chi connectivity index (χ4v) is 6.60. The summed E-state index contributed by atoms with van der Waals surface area (Å²) in [4.78, 5) is 10.1. The highest BCUT2D eigenvalue weighted by molar-refractivity contribution is 8.00. The molecule has 0 bridgehead atoms. The fraction of sp³-hybridized carbons (Fsp3) is 0.600. The van der Waals surface area contributed by atoms with Gasteiger partial charge >= 0.3 is 5.69 Å². The number of hydrogen-bond donors (Lipinski definition) is 1. The smallest absolute Gasteiger partial charge is 0.304 e. The van der Waals surface area contributed by atoms with Gasteiger partial charge in [-0.1, -0.05) is 25.2 Å². The zero-order valence-corrected chi connectivity index (χ0v) is 13.4. The Balaban J connectivity index is 2.35. The number of nitrogens with zero attached hydrogens (tertiary/aromatic N) is 2. The van der Waals surface area contributed by atoms with E-state index in [4.69, 9.17) is 5.73 Å². The number of sulfonamides is 1. The molecule has 1 aromatic heterocycles. The van der Waals surface area contributed by atoms with Crippen molar-refractivity contribution in [1.82, 2.24) is 4.31 Å². The van der Waals surface area contributed by atoms with Crippen LogP contribution >= 0.6 is 23.1 Å². The van der Waals surface area contributed by atoms with Gasteiger partial charge in [-0.25, -0.2) is 8.42 Å². The van der Waals surface area contributed by atoms with Crippen LogP contribution in [0.3, 0.4) is 0 Å².